The van der Waals surface area contributed by atoms with E-state index in [0.717, 1.165) is 12.8 Å². The molecule has 5 heteroatoms. The Morgan fingerprint density at radius 1 is 1.26 bits per heavy atom. The van der Waals surface area contributed by atoms with Gasteiger partial charge in [-0.3, -0.25) is 4.79 Å². The van der Waals surface area contributed by atoms with E-state index in [0.29, 0.717) is 18.8 Å². The molecule has 0 bridgehead atoms. The summed E-state index contributed by atoms with van der Waals surface area (Å²) in [6.07, 6.45) is 4.29. The predicted octanol–water partition coefficient (Wildman–Crippen LogP) is 2.14. The molecule has 0 aliphatic carbocycles. The lowest BCUT2D eigenvalue weighted by atomic mass is 10.0. The molecule has 4 nitrogen and oxygen atoms in total. The molecule has 0 aromatic rings. The molecule has 112 valence electrons. The minimum atomic E-state index is -2.87. The van der Waals surface area contributed by atoms with Crippen molar-refractivity contribution < 1.29 is 13.2 Å². The minimum absolute atomic E-state index is 0.000790. The third kappa shape index (κ3) is 6.95. The van der Waals surface area contributed by atoms with Gasteiger partial charge in [-0.2, -0.15) is 0 Å². The fraction of sp³-hybridized carbons (Fsp3) is 0.929. The van der Waals surface area contributed by atoms with Gasteiger partial charge >= 0.3 is 0 Å². The van der Waals surface area contributed by atoms with Gasteiger partial charge in [0.15, 0.2) is 9.84 Å². The maximum Gasteiger partial charge on any atom is 0.220 e. The van der Waals surface area contributed by atoms with Gasteiger partial charge in [0.25, 0.3) is 0 Å². The molecule has 19 heavy (non-hydrogen) atoms. The second kappa shape index (κ2) is 7.27. The summed E-state index contributed by atoms with van der Waals surface area (Å²) >= 11 is 0. The summed E-state index contributed by atoms with van der Waals surface area (Å²) in [5.41, 5.74) is 0. The van der Waals surface area contributed by atoms with Crippen LogP contribution in [0.15, 0.2) is 0 Å². The zero-order chi connectivity index (χ0) is 14.5. The first-order valence-corrected chi connectivity index (χ1v) is 9.10. The van der Waals surface area contributed by atoms with Gasteiger partial charge in [-0.15, -0.1) is 0 Å². The summed E-state index contributed by atoms with van der Waals surface area (Å²) < 4.78 is 22.6. The number of carbonyl (C=O) groups excluding carboxylic acids is 1. The number of hydrogen-bond acceptors (Lipinski definition) is 3. The second-order valence-corrected chi connectivity index (χ2v) is 8.50. The molecule has 1 saturated heterocycles. The average Bonchev–Trinajstić information content (AvgIpc) is 2.56. The SMILES string of the molecule is CC(C)CCCC(C)NC(=O)CC1CCS(=O)(=O)C1. The highest BCUT2D eigenvalue weighted by Crippen LogP contribution is 2.21. The molecule has 0 aromatic heterocycles. The first-order chi connectivity index (χ1) is 8.78. The van der Waals surface area contributed by atoms with Crippen LogP contribution in [-0.4, -0.2) is 31.9 Å². The van der Waals surface area contributed by atoms with E-state index >= 15 is 0 Å². The molecule has 0 saturated carbocycles. The normalized spacial score (nSPS) is 23.5. The van der Waals surface area contributed by atoms with Crippen LogP contribution >= 0.6 is 0 Å². The summed E-state index contributed by atoms with van der Waals surface area (Å²) in [7, 11) is -2.87. The third-order valence-electron chi connectivity index (χ3n) is 3.63. The summed E-state index contributed by atoms with van der Waals surface area (Å²) in [5.74, 6) is 1.15. The topological polar surface area (TPSA) is 63.2 Å². The third-order valence-corrected chi connectivity index (χ3v) is 5.46. The number of nitrogens with one attached hydrogen (secondary N) is 1. The van der Waals surface area contributed by atoms with Crippen molar-refractivity contribution in [3.63, 3.8) is 0 Å². The van der Waals surface area contributed by atoms with Gasteiger partial charge in [0, 0.05) is 12.5 Å². The molecule has 2 atom stereocenters. The van der Waals surface area contributed by atoms with Crippen LogP contribution in [0, 0.1) is 11.8 Å². The van der Waals surface area contributed by atoms with Crippen molar-refractivity contribution in [2.75, 3.05) is 11.5 Å². The predicted molar refractivity (Wildman–Crippen MR) is 77.7 cm³/mol. The Hall–Kier alpha value is -0.580. The molecule has 1 aliphatic rings. The number of carbonyl (C=O) groups is 1. The summed E-state index contributed by atoms with van der Waals surface area (Å²) in [6.45, 7) is 6.41. The van der Waals surface area contributed by atoms with Crippen molar-refractivity contribution in [1.29, 1.82) is 0 Å². The molecule has 1 heterocycles. The largest absolute Gasteiger partial charge is 0.354 e. The van der Waals surface area contributed by atoms with E-state index in [-0.39, 0.29) is 29.4 Å². The summed E-state index contributed by atoms with van der Waals surface area (Å²) in [6, 6.07) is 0.185. The monoisotopic (exact) mass is 289 g/mol. The van der Waals surface area contributed by atoms with Crippen LogP contribution in [0.2, 0.25) is 0 Å². The van der Waals surface area contributed by atoms with Crippen molar-refractivity contribution in [3.05, 3.63) is 0 Å². The zero-order valence-corrected chi connectivity index (χ0v) is 13.1. The molecule has 1 aliphatic heterocycles. The number of sulfone groups is 1. The van der Waals surface area contributed by atoms with E-state index < -0.39 is 9.84 Å². The lowest BCUT2D eigenvalue weighted by Gasteiger charge is -2.15. The molecule has 0 radical (unpaired) electrons. The van der Waals surface area contributed by atoms with Crippen LogP contribution in [0.1, 0.15) is 52.9 Å². The fourth-order valence-electron chi connectivity index (χ4n) is 2.53. The number of rotatable bonds is 7. The van der Waals surface area contributed by atoms with E-state index in [1.165, 1.54) is 6.42 Å². The Bertz CT molecular complexity index is 389. The molecular formula is C14H27NO3S. The van der Waals surface area contributed by atoms with Crippen molar-refractivity contribution in [2.24, 2.45) is 11.8 Å². The molecular weight excluding hydrogens is 262 g/mol. The van der Waals surface area contributed by atoms with E-state index in [1.807, 2.05) is 6.92 Å². The number of amides is 1. The van der Waals surface area contributed by atoms with Gasteiger partial charge in [-0.1, -0.05) is 26.7 Å². The van der Waals surface area contributed by atoms with Crippen LogP contribution in [0.5, 0.6) is 0 Å². The van der Waals surface area contributed by atoms with Crippen LogP contribution in [0.3, 0.4) is 0 Å². The highest BCUT2D eigenvalue weighted by molar-refractivity contribution is 7.91. The highest BCUT2D eigenvalue weighted by atomic mass is 32.2. The van der Waals surface area contributed by atoms with Gasteiger partial charge < -0.3 is 5.32 Å². The molecule has 1 rings (SSSR count). The first-order valence-electron chi connectivity index (χ1n) is 7.28. The van der Waals surface area contributed by atoms with E-state index in [4.69, 9.17) is 0 Å². The quantitative estimate of drug-likeness (QED) is 0.781. The lowest BCUT2D eigenvalue weighted by molar-refractivity contribution is -0.122. The van der Waals surface area contributed by atoms with Gasteiger partial charge in [-0.25, -0.2) is 8.42 Å². The second-order valence-electron chi connectivity index (χ2n) is 6.27. The molecule has 2 unspecified atom stereocenters. The van der Waals surface area contributed by atoms with Crippen molar-refractivity contribution >= 4 is 15.7 Å². The van der Waals surface area contributed by atoms with Crippen LogP contribution in [0.25, 0.3) is 0 Å². The Balaban J connectivity index is 2.20. The molecule has 1 fully saturated rings. The standard InChI is InChI=1S/C14H27NO3S/c1-11(2)5-4-6-12(3)15-14(16)9-13-7-8-19(17,18)10-13/h11-13H,4-10H2,1-3H3,(H,15,16). The van der Waals surface area contributed by atoms with Gasteiger partial charge in [0.05, 0.1) is 11.5 Å². The van der Waals surface area contributed by atoms with Gasteiger partial charge in [0.2, 0.25) is 5.91 Å². The Kier molecular flexibility index (Phi) is 6.30. The maximum absolute atomic E-state index is 11.8. The molecule has 1 amide bonds. The summed E-state index contributed by atoms with van der Waals surface area (Å²) in [5, 5.41) is 2.97. The fourth-order valence-corrected chi connectivity index (χ4v) is 4.40. The molecule has 1 N–H and O–H groups in total. The van der Waals surface area contributed by atoms with E-state index in [1.54, 1.807) is 0 Å². The van der Waals surface area contributed by atoms with Crippen LogP contribution in [0.4, 0.5) is 0 Å². The van der Waals surface area contributed by atoms with Crippen molar-refractivity contribution in [3.8, 4) is 0 Å². The van der Waals surface area contributed by atoms with E-state index in [2.05, 4.69) is 19.2 Å². The Labute approximate surface area is 117 Å². The van der Waals surface area contributed by atoms with Crippen LogP contribution < -0.4 is 5.32 Å². The number of hydrogen-bond donors (Lipinski definition) is 1. The minimum Gasteiger partial charge on any atom is -0.354 e. The van der Waals surface area contributed by atoms with Crippen LogP contribution in [-0.2, 0) is 14.6 Å². The average molecular weight is 289 g/mol. The van der Waals surface area contributed by atoms with Crippen molar-refractivity contribution in [1.82, 2.24) is 5.32 Å². The Morgan fingerprint density at radius 2 is 1.95 bits per heavy atom. The maximum atomic E-state index is 11.8. The molecule has 0 aromatic carbocycles. The van der Waals surface area contributed by atoms with Gasteiger partial charge in [-0.05, 0) is 31.6 Å². The summed E-state index contributed by atoms with van der Waals surface area (Å²) in [4.78, 5) is 11.8. The van der Waals surface area contributed by atoms with Crippen molar-refractivity contribution in [2.45, 2.75) is 58.9 Å². The van der Waals surface area contributed by atoms with E-state index in [9.17, 15) is 13.2 Å². The first kappa shape index (κ1) is 16.5. The Morgan fingerprint density at radius 3 is 2.47 bits per heavy atom. The lowest BCUT2D eigenvalue weighted by Crippen LogP contribution is -2.33. The molecule has 0 spiro atoms. The zero-order valence-electron chi connectivity index (χ0n) is 12.3. The highest BCUT2D eigenvalue weighted by Gasteiger charge is 2.29. The van der Waals surface area contributed by atoms with Gasteiger partial charge in [0.1, 0.15) is 0 Å². The smallest absolute Gasteiger partial charge is 0.220 e.